The van der Waals surface area contributed by atoms with Crippen molar-refractivity contribution in [2.75, 3.05) is 23.7 Å². The first-order valence-corrected chi connectivity index (χ1v) is 7.66. The molecular formula is C15H25N5O. The van der Waals surface area contributed by atoms with Gasteiger partial charge in [-0.2, -0.15) is 0 Å². The molecule has 1 fully saturated rings. The summed E-state index contributed by atoms with van der Waals surface area (Å²) in [6, 6.07) is 0.272. The van der Waals surface area contributed by atoms with Crippen LogP contribution in [0, 0.1) is 6.92 Å². The van der Waals surface area contributed by atoms with Crippen LogP contribution in [0.5, 0.6) is 0 Å². The molecule has 0 spiro atoms. The van der Waals surface area contributed by atoms with Gasteiger partial charge in [-0.15, -0.1) is 0 Å². The van der Waals surface area contributed by atoms with E-state index in [9.17, 15) is 4.79 Å². The molecule has 3 N–H and O–H groups in total. The molecule has 0 bridgehead atoms. The third kappa shape index (κ3) is 3.83. The first-order valence-electron chi connectivity index (χ1n) is 7.66. The van der Waals surface area contributed by atoms with Crippen molar-refractivity contribution >= 4 is 17.5 Å². The highest BCUT2D eigenvalue weighted by Gasteiger charge is 2.23. The molecule has 2 rings (SSSR count). The summed E-state index contributed by atoms with van der Waals surface area (Å²) < 4.78 is 0. The Kier molecular flexibility index (Phi) is 4.98. The maximum absolute atomic E-state index is 11.1. The van der Waals surface area contributed by atoms with E-state index in [2.05, 4.69) is 27.1 Å². The second-order valence-corrected chi connectivity index (χ2v) is 5.69. The number of aromatic nitrogens is 2. The number of aryl methyl sites for hydroxylation is 1. The minimum Gasteiger partial charge on any atom is -0.383 e. The van der Waals surface area contributed by atoms with Gasteiger partial charge >= 0.3 is 0 Å². The van der Waals surface area contributed by atoms with Crippen LogP contribution in [-0.2, 0) is 11.2 Å². The van der Waals surface area contributed by atoms with Gasteiger partial charge in [-0.1, -0.05) is 6.92 Å². The van der Waals surface area contributed by atoms with E-state index in [0.29, 0.717) is 5.82 Å². The summed E-state index contributed by atoms with van der Waals surface area (Å²) in [5, 5.41) is 2.99. The van der Waals surface area contributed by atoms with Gasteiger partial charge in [0, 0.05) is 38.0 Å². The second kappa shape index (κ2) is 6.74. The lowest BCUT2D eigenvalue weighted by Crippen LogP contribution is -2.44. The highest BCUT2D eigenvalue weighted by Crippen LogP contribution is 2.25. The molecule has 6 heteroatoms. The van der Waals surface area contributed by atoms with Crippen LogP contribution in [0.2, 0.25) is 0 Å². The molecule has 1 aromatic heterocycles. The quantitative estimate of drug-likeness (QED) is 0.876. The zero-order valence-electron chi connectivity index (χ0n) is 13.1. The molecule has 0 aliphatic carbocycles. The molecule has 0 aromatic carbocycles. The summed E-state index contributed by atoms with van der Waals surface area (Å²) >= 11 is 0. The van der Waals surface area contributed by atoms with E-state index in [0.717, 1.165) is 56.0 Å². The Balaban J connectivity index is 2.10. The van der Waals surface area contributed by atoms with Crippen molar-refractivity contribution in [1.29, 1.82) is 0 Å². The van der Waals surface area contributed by atoms with Crippen LogP contribution in [0.4, 0.5) is 11.6 Å². The molecular weight excluding hydrogens is 266 g/mol. The number of nitrogen functional groups attached to an aromatic ring is 1. The molecule has 1 aliphatic rings. The first kappa shape index (κ1) is 15.5. The van der Waals surface area contributed by atoms with Gasteiger partial charge in [-0.3, -0.25) is 4.79 Å². The predicted octanol–water partition coefficient (Wildman–Crippen LogP) is 1.42. The van der Waals surface area contributed by atoms with Crippen molar-refractivity contribution in [3.05, 3.63) is 11.4 Å². The number of nitrogens with two attached hydrogens (primary N) is 1. The first-order chi connectivity index (χ1) is 10.0. The molecule has 1 amide bonds. The van der Waals surface area contributed by atoms with Gasteiger partial charge in [0.2, 0.25) is 5.91 Å². The van der Waals surface area contributed by atoms with Crippen molar-refractivity contribution in [1.82, 2.24) is 15.3 Å². The van der Waals surface area contributed by atoms with Crippen molar-refractivity contribution < 1.29 is 4.79 Å². The molecule has 1 saturated heterocycles. The van der Waals surface area contributed by atoms with Crippen LogP contribution in [-0.4, -0.2) is 35.0 Å². The largest absolute Gasteiger partial charge is 0.383 e. The molecule has 6 nitrogen and oxygen atoms in total. The smallest absolute Gasteiger partial charge is 0.217 e. The molecule has 2 heterocycles. The molecule has 21 heavy (non-hydrogen) atoms. The van der Waals surface area contributed by atoms with Crippen LogP contribution in [0.15, 0.2) is 0 Å². The van der Waals surface area contributed by atoms with Crippen LogP contribution < -0.4 is 16.0 Å². The van der Waals surface area contributed by atoms with Crippen LogP contribution >= 0.6 is 0 Å². The fourth-order valence-corrected chi connectivity index (χ4v) is 2.73. The molecule has 1 aliphatic heterocycles. The Labute approximate surface area is 126 Å². The Hall–Kier alpha value is -1.85. The molecule has 1 aromatic rings. The molecule has 0 radical (unpaired) electrons. The normalized spacial score (nSPS) is 16.0. The number of carbonyl (C=O) groups is 1. The third-order valence-corrected chi connectivity index (χ3v) is 3.88. The topological polar surface area (TPSA) is 84.1 Å². The lowest BCUT2D eigenvalue weighted by molar-refractivity contribution is -0.119. The number of anilines is 2. The Bertz CT molecular complexity index is 509. The number of carbonyl (C=O) groups excluding carboxylic acids is 1. The third-order valence-electron chi connectivity index (χ3n) is 3.88. The number of amides is 1. The van der Waals surface area contributed by atoms with E-state index < -0.39 is 0 Å². The van der Waals surface area contributed by atoms with E-state index in [-0.39, 0.29) is 11.9 Å². The monoisotopic (exact) mass is 291 g/mol. The minimum absolute atomic E-state index is 0.0427. The lowest BCUT2D eigenvalue weighted by Gasteiger charge is -2.34. The second-order valence-electron chi connectivity index (χ2n) is 5.69. The molecule has 0 saturated carbocycles. The number of hydrogen-bond acceptors (Lipinski definition) is 5. The van der Waals surface area contributed by atoms with Crippen LogP contribution in [0.3, 0.4) is 0 Å². The average molecular weight is 291 g/mol. The van der Waals surface area contributed by atoms with Crippen LogP contribution in [0.25, 0.3) is 0 Å². The molecule has 116 valence electrons. The molecule has 0 atom stereocenters. The van der Waals surface area contributed by atoms with E-state index in [1.807, 2.05) is 6.92 Å². The summed E-state index contributed by atoms with van der Waals surface area (Å²) in [7, 11) is 0. The Morgan fingerprint density at radius 1 is 1.38 bits per heavy atom. The van der Waals surface area contributed by atoms with Crippen LogP contribution in [0.1, 0.15) is 44.5 Å². The Morgan fingerprint density at radius 3 is 2.62 bits per heavy atom. The standard InChI is InChI=1S/C15H25N5O/c1-4-5-13-18-14(16)10(2)15(19-13)20-8-6-12(7-9-20)17-11(3)21/h12H,4-9H2,1-3H3,(H,17,21)(H2,16,18,19). The van der Waals surface area contributed by atoms with Crippen molar-refractivity contribution in [2.24, 2.45) is 0 Å². The maximum Gasteiger partial charge on any atom is 0.217 e. The molecule has 0 unspecified atom stereocenters. The fraction of sp³-hybridized carbons (Fsp3) is 0.667. The van der Waals surface area contributed by atoms with E-state index in [1.165, 1.54) is 0 Å². The lowest BCUT2D eigenvalue weighted by atomic mass is 10.0. The summed E-state index contributed by atoms with van der Waals surface area (Å²) in [6.45, 7) is 7.42. The van der Waals surface area contributed by atoms with Gasteiger partial charge in [-0.25, -0.2) is 9.97 Å². The van der Waals surface area contributed by atoms with E-state index >= 15 is 0 Å². The SMILES string of the molecule is CCCc1nc(N)c(C)c(N2CCC(NC(C)=O)CC2)n1. The van der Waals surface area contributed by atoms with Gasteiger partial charge < -0.3 is 16.0 Å². The van der Waals surface area contributed by atoms with E-state index in [4.69, 9.17) is 5.73 Å². The number of nitrogens with one attached hydrogen (secondary N) is 1. The van der Waals surface area contributed by atoms with Crippen molar-refractivity contribution in [3.8, 4) is 0 Å². The van der Waals surface area contributed by atoms with Gasteiger partial charge in [0.15, 0.2) is 0 Å². The van der Waals surface area contributed by atoms with Gasteiger partial charge in [0.1, 0.15) is 17.5 Å². The summed E-state index contributed by atoms with van der Waals surface area (Å²) in [5.74, 6) is 2.39. The highest BCUT2D eigenvalue weighted by atomic mass is 16.1. The highest BCUT2D eigenvalue weighted by molar-refractivity contribution is 5.73. The zero-order valence-corrected chi connectivity index (χ0v) is 13.1. The average Bonchev–Trinajstić information content (AvgIpc) is 2.43. The maximum atomic E-state index is 11.1. The summed E-state index contributed by atoms with van der Waals surface area (Å²) in [6.07, 6.45) is 3.73. The zero-order chi connectivity index (χ0) is 15.4. The summed E-state index contributed by atoms with van der Waals surface area (Å²) in [5.41, 5.74) is 6.97. The summed E-state index contributed by atoms with van der Waals surface area (Å²) in [4.78, 5) is 22.4. The minimum atomic E-state index is 0.0427. The predicted molar refractivity (Wildman–Crippen MR) is 84.2 cm³/mol. The van der Waals surface area contributed by atoms with E-state index in [1.54, 1.807) is 6.92 Å². The fourth-order valence-electron chi connectivity index (χ4n) is 2.73. The van der Waals surface area contributed by atoms with Gasteiger partial charge in [0.25, 0.3) is 0 Å². The van der Waals surface area contributed by atoms with Gasteiger partial charge in [0.05, 0.1) is 0 Å². The van der Waals surface area contributed by atoms with Gasteiger partial charge in [-0.05, 0) is 26.2 Å². The van der Waals surface area contributed by atoms with Crippen molar-refractivity contribution in [3.63, 3.8) is 0 Å². The number of nitrogens with zero attached hydrogens (tertiary/aromatic N) is 3. The number of hydrogen-bond donors (Lipinski definition) is 2. The number of piperidine rings is 1. The number of rotatable bonds is 4. The Morgan fingerprint density at radius 2 is 2.05 bits per heavy atom. The van der Waals surface area contributed by atoms with Crippen molar-refractivity contribution in [2.45, 2.75) is 52.5 Å².